The highest BCUT2D eigenvalue weighted by Gasteiger charge is 2.33. The lowest BCUT2D eigenvalue weighted by Crippen LogP contribution is -2.27. The van der Waals surface area contributed by atoms with Gasteiger partial charge in [0.05, 0.1) is 23.1 Å². The first-order valence-electron chi connectivity index (χ1n) is 6.32. The molecule has 0 N–H and O–H groups in total. The van der Waals surface area contributed by atoms with Crippen molar-refractivity contribution >= 4 is 21.7 Å². The van der Waals surface area contributed by atoms with Gasteiger partial charge in [-0.25, -0.2) is 4.68 Å². The van der Waals surface area contributed by atoms with Crippen LogP contribution in [0.4, 0.5) is 0 Å². The van der Waals surface area contributed by atoms with E-state index in [0.29, 0.717) is 6.42 Å². The molecule has 0 saturated carbocycles. The Labute approximate surface area is 120 Å². The van der Waals surface area contributed by atoms with E-state index in [1.807, 2.05) is 28.9 Å². The van der Waals surface area contributed by atoms with Crippen LogP contribution in [-0.4, -0.2) is 15.6 Å². The van der Waals surface area contributed by atoms with Gasteiger partial charge in [0, 0.05) is 10.9 Å². The van der Waals surface area contributed by atoms with Crippen molar-refractivity contribution in [3.63, 3.8) is 0 Å². The summed E-state index contributed by atoms with van der Waals surface area (Å²) < 4.78 is 2.90. The number of carbonyl (C=O) groups excluding carboxylic acids is 1. The van der Waals surface area contributed by atoms with Gasteiger partial charge in [0.25, 0.3) is 0 Å². The Bertz CT molecular complexity index is 658. The van der Waals surface area contributed by atoms with Crippen molar-refractivity contribution in [2.24, 2.45) is 5.41 Å². The number of rotatable bonds is 1. The van der Waals surface area contributed by atoms with E-state index in [1.54, 1.807) is 6.20 Å². The zero-order chi connectivity index (χ0) is 13.6. The highest BCUT2D eigenvalue weighted by atomic mass is 79.9. The molecule has 0 unspecified atom stereocenters. The molecule has 1 aliphatic rings. The number of halogens is 1. The molecule has 1 aliphatic carbocycles. The normalized spacial score (nSPS) is 17.3. The number of benzene rings is 1. The van der Waals surface area contributed by atoms with Crippen molar-refractivity contribution in [2.45, 2.75) is 26.7 Å². The maximum atomic E-state index is 12.2. The largest absolute Gasteiger partial charge is 0.294 e. The third-order valence-electron chi connectivity index (χ3n) is 3.51. The van der Waals surface area contributed by atoms with Crippen LogP contribution in [0.1, 0.15) is 36.3 Å². The zero-order valence-corrected chi connectivity index (χ0v) is 12.6. The van der Waals surface area contributed by atoms with E-state index in [0.717, 1.165) is 27.8 Å². The highest BCUT2D eigenvalue weighted by Crippen LogP contribution is 2.35. The minimum absolute atomic E-state index is 0.00782. The summed E-state index contributed by atoms with van der Waals surface area (Å²) in [5, 5.41) is 4.40. The number of nitrogens with zero attached hydrogens (tertiary/aromatic N) is 2. The number of hydrogen-bond acceptors (Lipinski definition) is 2. The summed E-state index contributed by atoms with van der Waals surface area (Å²) in [6.07, 6.45) is 3.18. The van der Waals surface area contributed by atoms with E-state index in [4.69, 9.17) is 0 Å². The predicted molar refractivity (Wildman–Crippen MR) is 77.7 cm³/mol. The minimum atomic E-state index is 0.00782. The minimum Gasteiger partial charge on any atom is -0.294 e. The van der Waals surface area contributed by atoms with E-state index in [1.165, 1.54) is 0 Å². The van der Waals surface area contributed by atoms with Crippen LogP contribution >= 0.6 is 15.9 Å². The molecular formula is C15H15BrN2O. The molecule has 2 aromatic rings. The van der Waals surface area contributed by atoms with Crippen LogP contribution in [0.3, 0.4) is 0 Å². The number of fused-ring (bicyclic) bond motifs is 1. The topological polar surface area (TPSA) is 34.9 Å². The van der Waals surface area contributed by atoms with Gasteiger partial charge in [-0.05, 0) is 30.0 Å². The lowest BCUT2D eigenvalue weighted by Gasteiger charge is -2.28. The summed E-state index contributed by atoms with van der Waals surface area (Å²) in [6, 6.07) is 7.97. The first kappa shape index (κ1) is 12.6. The van der Waals surface area contributed by atoms with Crippen LogP contribution in [-0.2, 0) is 6.42 Å². The van der Waals surface area contributed by atoms with Gasteiger partial charge in [0.15, 0.2) is 5.78 Å². The molecule has 3 nitrogen and oxygen atoms in total. The summed E-state index contributed by atoms with van der Waals surface area (Å²) in [4.78, 5) is 12.2. The standard InChI is InChI=1S/C15H15BrN2O/c1-15(2)7-13-12(14(19)8-15)9-17-18(13)11-5-3-4-10(16)6-11/h3-6,9H,7-8H2,1-2H3. The van der Waals surface area contributed by atoms with Gasteiger partial charge in [-0.3, -0.25) is 4.79 Å². The average molecular weight is 319 g/mol. The lowest BCUT2D eigenvalue weighted by molar-refractivity contribution is 0.0911. The Morgan fingerprint density at radius 1 is 1.32 bits per heavy atom. The van der Waals surface area contributed by atoms with Crippen LogP contribution < -0.4 is 0 Å². The quantitative estimate of drug-likeness (QED) is 0.801. The number of aromatic nitrogens is 2. The van der Waals surface area contributed by atoms with Gasteiger partial charge in [0.1, 0.15) is 0 Å². The van der Waals surface area contributed by atoms with Crippen LogP contribution in [0.5, 0.6) is 0 Å². The van der Waals surface area contributed by atoms with Gasteiger partial charge < -0.3 is 0 Å². The molecule has 0 saturated heterocycles. The first-order valence-corrected chi connectivity index (χ1v) is 7.12. The number of Topliss-reactive ketones (excluding diaryl/α,β-unsaturated/α-hetero) is 1. The first-order chi connectivity index (χ1) is 8.96. The molecular weight excluding hydrogens is 304 g/mol. The molecule has 1 aromatic carbocycles. The van der Waals surface area contributed by atoms with E-state index in [2.05, 4.69) is 34.9 Å². The van der Waals surface area contributed by atoms with E-state index >= 15 is 0 Å². The predicted octanol–water partition coefficient (Wildman–Crippen LogP) is 3.79. The third-order valence-corrected chi connectivity index (χ3v) is 4.00. The fourth-order valence-electron chi connectivity index (χ4n) is 2.65. The molecule has 98 valence electrons. The lowest BCUT2D eigenvalue weighted by atomic mass is 9.76. The molecule has 0 amide bonds. The van der Waals surface area contributed by atoms with Crippen LogP contribution in [0, 0.1) is 5.41 Å². The van der Waals surface area contributed by atoms with Gasteiger partial charge in [-0.2, -0.15) is 5.10 Å². The summed E-state index contributed by atoms with van der Waals surface area (Å²) in [7, 11) is 0. The molecule has 3 rings (SSSR count). The summed E-state index contributed by atoms with van der Waals surface area (Å²) >= 11 is 3.47. The molecule has 1 heterocycles. The smallest absolute Gasteiger partial charge is 0.166 e. The molecule has 4 heteroatoms. The van der Waals surface area contributed by atoms with Crippen LogP contribution in [0.25, 0.3) is 5.69 Å². The van der Waals surface area contributed by atoms with Gasteiger partial charge >= 0.3 is 0 Å². The summed E-state index contributed by atoms with van der Waals surface area (Å²) in [6.45, 7) is 4.26. The molecule has 19 heavy (non-hydrogen) atoms. The van der Waals surface area contributed by atoms with Crippen molar-refractivity contribution in [2.75, 3.05) is 0 Å². The molecule has 0 fully saturated rings. The van der Waals surface area contributed by atoms with Crippen molar-refractivity contribution in [3.8, 4) is 5.69 Å². The van der Waals surface area contributed by atoms with E-state index in [9.17, 15) is 4.79 Å². The second-order valence-electron chi connectivity index (χ2n) is 5.84. The number of hydrogen-bond donors (Lipinski definition) is 0. The van der Waals surface area contributed by atoms with Crippen molar-refractivity contribution in [3.05, 3.63) is 46.2 Å². The molecule has 0 aliphatic heterocycles. The van der Waals surface area contributed by atoms with Crippen LogP contribution in [0.2, 0.25) is 0 Å². The second kappa shape index (κ2) is 4.30. The van der Waals surface area contributed by atoms with E-state index in [-0.39, 0.29) is 11.2 Å². The fraction of sp³-hybridized carbons (Fsp3) is 0.333. The van der Waals surface area contributed by atoms with Crippen molar-refractivity contribution in [1.82, 2.24) is 9.78 Å². The SMILES string of the molecule is CC1(C)CC(=O)c2cnn(-c3cccc(Br)c3)c2C1. The molecule has 1 aromatic heterocycles. The maximum absolute atomic E-state index is 12.2. The average Bonchev–Trinajstić information content (AvgIpc) is 2.71. The highest BCUT2D eigenvalue weighted by molar-refractivity contribution is 9.10. The fourth-order valence-corrected chi connectivity index (χ4v) is 3.04. The molecule has 0 radical (unpaired) electrons. The Morgan fingerprint density at radius 2 is 2.11 bits per heavy atom. The number of ketones is 1. The Hall–Kier alpha value is -1.42. The summed E-state index contributed by atoms with van der Waals surface area (Å²) in [5.41, 5.74) is 2.80. The Kier molecular flexibility index (Phi) is 2.86. The number of carbonyl (C=O) groups is 1. The zero-order valence-electron chi connectivity index (χ0n) is 11.0. The Balaban J connectivity index is 2.14. The van der Waals surface area contributed by atoms with Gasteiger partial charge in [-0.1, -0.05) is 35.8 Å². The van der Waals surface area contributed by atoms with Crippen molar-refractivity contribution in [1.29, 1.82) is 0 Å². The second-order valence-corrected chi connectivity index (χ2v) is 6.75. The monoisotopic (exact) mass is 318 g/mol. The third kappa shape index (κ3) is 2.25. The maximum Gasteiger partial charge on any atom is 0.166 e. The van der Waals surface area contributed by atoms with Gasteiger partial charge in [0.2, 0.25) is 0 Å². The van der Waals surface area contributed by atoms with Gasteiger partial charge in [-0.15, -0.1) is 0 Å². The molecule has 0 spiro atoms. The van der Waals surface area contributed by atoms with Crippen molar-refractivity contribution < 1.29 is 4.79 Å². The summed E-state index contributed by atoms with van der Waals surface area (Å²) in [5.74, 6) is 0.201. The molecule has 0 bridgehead atoms. The Morgan fingerprint density at radius 3 is 2.84 bits per heavy atom. The molecule has 0 atom stereocenters. The van der Waals surface area contributed by atoms with Crippen LogP contribution in [0.15, 0.2) is 34.9 Å². The van der Waals surface area contributed by atoms with E-state index < -0.39 is 0 Å².